The molecule has 3 rings (SSSR count). The maximum atomic E-state index is 12.0. The number of nitro groups is 2. The van der Waals surface area contributed by atoms with Gasteiger partial charge in [0.15, 0.2) is 0 Å². The molecular formula is C29H38N4O6. The van der Waals surface area contributed by atoms with E-state index in [-0.39, 0.29) is 22.7 Å². The second-order valence-corrected chi connectivity index (χ2v) is 10.4. The predicted octanol–water partition coefficient (Wildman–Crippen LogP) is 7.63. The van der Waals surface area contributed by atoms with Crippen LogP contribution in [0, 0.1) is 20.2 Å². The van der Waals surface area contributed by atoms with E-state index in [9.17, 15) is 29.8 Å². The number of benzene rings is 2. The van der Waals surface area contributed by atoms with Crippen LogP contribution in [0.3, 0.4) is 0 Å². The van der Waals surface area contributed by atoms with E-state index in [1.165, 1.54) is 26.0 Å². The summed E-state index contributed by atoms with van der Waals surface area (Å²) in [5, 5.41) is 29.3. The fourth-order valence-electron chi connectivity index (χ4n) is 5.81. The molecule has 0 heterocycles. The van der Waals surface area contributed by atoms with Gasteiger partial charge in [0.2, 0.25) is 11.8 Å². The first kappa shape index (κ1) is 29.7. The Balaban J connectivity index is 2.35. The smallest absolute Gasteiger partial charge is 0.293 e. The van der Waals surface area contributed by atoms with Crippen molar-refractivity contribution in [3.05, 3.63) is 55.6 Å². The number of nitrogens with zero attached hydrogens (tertiary/aromatic N) is 2. The van der Waals surface area contributed by atoms with Crippen molar-refractivity contribution >= 4 is 34.6 Å². The standard InChI is InChI=1S/C29H38N4O6/c1-5-7-9-11-13-29(14-12-10-8-6-2)23-17-25(30-19(3)34)27(32(36)37)15-21(23)22-16-28(33(38)39)26(18-24(22)29)31-20(4)35/h15-18H,5-14H2,1-4H3,(H,30,34)(H,31,35). The summed E-state index contributed by atoms with van der Waals surface area (Å²) in [6, 6.07) is 6.25. The molecular weight excluding hydrogens is 500 g/mol. The van der Waals surface area contributed by atoms with Crippen LogP contribution >= 0.6 is 0 Å². The second-order valence-electron chi connectivity index (χ2n) is 10.4. The Bertz CT molecular complexity index is 1180. The Hall–Kier alpha value is -3.82. The van der Waals surface area contributed by atoms with Crippen molar-refractivity contribution in [2.75, 3.05) is 10.6 Å². The Kier molecular flexibility index (Phi) is 9.77. The van der Waals surface area contributed by atoms with Crippen LogP contribution in [0.25, 0.3) is 11.1 Å². The molecule has 10 heteroatoms. The summed E-state index contributed by atoms with van der Waals surface area (Å²) in [4.78, 5) is 46.9. The molecule has 210 valence electrons. The molecule has 0 spiro atoms. The highest BCUT2D eigenvalue weighted by Crippen LogP contribution is 2.57. The van der Waals surface area contributed by atoms with Gasteiger partial charge >= 0.3 is 0 Å². The minimum atomic E-state index is -0.573. The maximum absolute atomic E-state index is 12.0. The number of rotatable bonds is 14. The van der Waals surface area contributed by atoms with Crippen molar-refractivity contribution in [1.82, 2.24) is 0 Å². The number of unbranched alkanes of at least 4 members (excludes halogenated alkanes) is 6. The van der Waals surface area contributed by atoms with Crippen molar-refractivity contribution in [2.45, 2.75) is 97.3 Å². The first-order chi connectivity index (χ1) is 18.5. The summed E-state index contributed by atoms with van der Waals surface area (Å²) in [6.07, 6.45) is 9.58. The van der Waals surface area contributed by atoms with E-state index in [0.717, 1.165) is 75.3 Å². The molecule has 0 unspecified atom stereocenters. The third-order valence-corrected chi connectivity index (χ3v) is 7.52. The lowest BCUT2D eigenvalue weighted by atomic mass is 9.70. The molecule has 2 aromatic carbocycles. The van der Waals surface area contributed by atoms with Gasteiger partial charge in [0.1, 0.15) is 11.4 Å². The minimum absolute atomic E-state index is 0.113. The number of hydrogen-bond acceptors (Lipinski definition) is 6. The van der Waals surface area contributed by atoms with E-state index in [0.29, 0.717) is 11.1 Å². The van der Waals surface area contributed by atoms with Crippen LogP contribution < -0.4 is 10.6 Å². The molecule has 0 saturated carbocycles. The van der Waals surface area contributed by atoms with Crippen LogP contribution in [-0.2, 0) is 15.0 Å². The van der Waals surface area contributed by atoms with Gasteiger partial charge in [0.05, 0.1) is 9.85 Å². The van der Waals surface area contributed by atoms with Gasteiger partial charge in [-0.15, -0.1) is 0 Å². The lowest BCUT2D eigenvalue weighted by molar-refractivity contribution is -0.384. The molecule has 1 aliphatic carbocycles. The lowest BCUT2D eigenvalue weighted by Gasteiger charge is -2.33. The molecule has 1 aliphatic rings. The van der Waals surface area contributed by atoms with Gasteiger partial charge in [0, 0.05) is 31.4 Å². The normalized spacial score (nSPS) is 12.9. The van der Waals surface area contributed by atoms with Crippen LogP contribution in [0.4, 0.5) is 22.7 Å². The highest BCUT2D eigenvalue weighted by atomic mass is 16.6. The topological polar surface area (TPSA) is 144 Å². The molecule has 0 radical (unpaired) electrons. The molecule has 0 aliphatic heterocycles. The number of hydrogen-bond donors (Lipinski definition) is 2. The number of carbonyl (C=O) groups is 2. The van der Waals surface area contributed by atoms with Gasteiger partial charge in [-0.05, 0) is 47.2 Å². The van der Waals surface area contributed by atoms with E-state index in [1.807, 2.05) is 0 Å². The van der Waals surface area contributed by atoms with Gasteiger partial charge in [-0.2, -0.15) is 0 Å². The Morgan fingerprint density at radius 3 is 1.38 bits per heavy atom. The zero-order valence-electron chi connectivity index (χ0n) is 23.2. The zero-order chi connectivity index (χ0) is 28.7. The van der Waals surface area contributed by atoms with Crippen LogP contribution in [0.5, 0.6) is 0 Å². The third kappa shape index (κ3) is 6.43. The van der Waals surface area contributed by atoms with Crippen molar-refractivity contribution in [1.29, 1.82) is 0 Å². The molecule has 0 saturated heterocycles. The quantitative estimate of drug-likeness (QED) is 0.144. The number of nitrogens with one attached hydrogen (secondary N) is 2. The summed E-state index contributed by atoms with van der Waals surface area (Å²) >= 11 is 0. The lowest BCUT2D eigenvalue weighted by Crippen LogP contribution is -2.26. The summed E-state index contributed by atoms with van der Waals surface area (Å²) < 4.78 is 0. The molecule has 0 fully saturated rings. The van der Waals surface area contributed by atoms with Gasteiger partial charge in [-0.1, -0.05) is 65.2 Å². The summed E-state index contributed by atoms with van der Waals surface area (Å²) in [5.74, 6) is -0.845. The average Bonchev–Trinajstić information content (AvgIpc) is 3.11. The second kappa shape index (κ2) is 12.8. The Morgan fingerprint density at radius 2 is 1.08 bits per heavy atom. The SMILES string of the molecule is CCCCCCC1(CCCCCC)c2cc(NC(C)=O)c([N+](=O)[O-])cc2-c2cc([N+](=O)[O-])c(NC(C)=O)cc21. The largest absolute Gasteiger partial charge is 0.321 e. The summed E-state index contributed by atoms with van der Waals surface area (Å²) in [7, 11) is 0. The van der Waals surface area contributed by atoms with E-state index < -0.39 is 27.1 Å². The fourth-order valence-corrected chi connectivity index (χ4v) is 5.81. The number of nitro benzene ring substituents is 2. The molecule has 2 aromatic rings. The van der Waals surface area contributed by atoms with E-state index in [4.69, 9.17) is 0 Å². The molecule has 2 N–H and O–H groups in total. The summed E-state index contributed by atoms with van der Waals surface area (Å²) in [6.45, 7) is 6.88. The Labute approximate surface area is 228 Å². The third-order valence-electron chi connectivity index (χ3n) is 7.52. The number of carbonyl (C=O) groups excluding carboxylic acids is 2. The van der Waals surface area contributed by atoms with Gasteiger partial charge < -0.3 is 10.6 Å². The van der Waals surface area contributed by atoms with Crippen LogP contribution in [-0.4, -0.2) is 21.7 Å². The van der Waals surface area contributed by atoms with E-state index in [2.05, 4.69) is 24.5 Å². The average molecular weight is 539 g/mol. The monoisotopic (exact) mass is 538 g/mol. The van der Waals surface area contributed by atoms with Crippen LogP contribution in [0.15, 0.2) is 24.3 Å². The van der Waals surface area contributed by atoms with Crippen molar-refractivity contribution in [3.8, 4) is 11.1 Å². The summed E-state index contributed by atoms with van der Waals surface area (Å²) in [5.41, 5.74) is 1.90. The fraction of sp³-hybridized carbons (Fsp3) is 0.517. The molecule has 0 bridgehead atoms. The first-order valence-electron chi connectivity index (χ1n) is 13.8. The molecule has 0 atom stereocenters. The minimum Gasteiger partial charge on any atom is -0.321 e. The number of fused-ring (bicyclic) bond motifs is 3. The Morgan fingerprint density at radius 1 is 0.692 bits per heavy atom. The van der Waals surface area contributed by atoms with E-state index >= 15 is 0 Å². The van der Waals surface area contributed by atoms with Gasteiger partial charge in [-0.25, -0.2) is 0 Å². The molecule has 39 heavy (non-hydrogen) atoms. The van der Waals surface area contributed by atoms with Gasteiger partial charge in [0.25, 0.3) is 11.4 Å². The predicted molar refractivity (Wildman–Crippen MR) is 152 cm³/mol. The number of anilines is 2. The number of amides is 2. The highest BCUT2D eigenvalue weighted by Gasteiger charge is 2.45. The molecule has 2 amide bonds. The van der Waals surface area contributed by atoms with Crippen LogP contribution in [0.2, 0.25) is 0 Å². The van der Waals surface area contributed by atoms with E-state index in [1.54, 1.807) is 12.1 Å². The van der Waals surface area contributed by atoms with Crippen LogP contribution in [0.1, 0.15) is 103 Å². The molecule has 0 aromatic heterocycles. The van der Waals surface area contributed by atoms with Gasteiger partial charge in [-0.3, -0.25) is 29.8 Å². The maximum Gasteiger partial charge on any atom is 0.293 e. The van der Waals surface area contributed by atoms with Crippen molar-refractivity contribution < 1.29 is 19.4 Å². The molecule has 10 nitrogen and oxygen atoms in total. The van der Waals surface area contributed by atoms with Crippen molar-refractivity contribution in [2.24, 2.45) is 0 Å². The zero-order valence-corrected chi connectivity index (χ0v) is 23.2. The highest BCUT2D eigenvalue weighted by molar-refractivity contribution is 5.97. The first-order valence-corrected chi connectivity index (χ1v) is 13.8. The van der Waals surface area contributed by atoms with Crippen molar-refractivity contribution in [3.63, 3.8) is 0 Å².